The van der Waals surface area contributed by atoms with Gasteiger partial charge >= 0.3 is 11.9 Å². The molecule has 0 saturated heterocycles. The van der Waals surface area contributed by atoms with Crippen LogP contribution in [0.25, 0.3) is 6.08 Å². The summed E-state index contributed by atoms with van der Waals surface area (Å²) in [6, 6.07) is 18.9. The number of aliphatic carboxylic acids is 1. The van der Waals surface area contributed by atoms with Crippen LogP contribution in [-0.2, 0) is 32.6 Å². The normalized spacial score (nSPS) is 11.5. The minimum Gasteiger partial charge on any atom is -0.497 e. The van der Waals surface area contributed by atoms with E-state index in [1.165, 1.54) is 29.8 Å². The molecule has 9 heteroatoms. The van der Waals surface area contributed by atoms with E-state index >= 15 is 0 Å². The van der Waals surface area contributed by atoms with E-state index in [-0.39, 0.29) is 17.1 Å². The molecule has 0 spiro atoms. The molecule has 8 nitrogen and oxygen atoms in total. The van der Waals surface area contributed by atoms with Crippen LogP contribution in [0.5, 0.6) is 11.5 Å². The lowest BCUT2D eigenvalue weighted by atomic mass is 10.0. The molecule has 0 fully saturated rings. The van der Waals surface area contributed by atoms with Crippen molar-refractivity contribution in [2.45, 2.75) is 56.5 Å². The second-order valence-electron chi connectivity index (χ2n) is 10.1. The van der Waals surface area contributed by atoms with Crippen molar-refractivity contribution in [2.24, 2.45) is 0 Å². The quantitative estimate of drug-likeness (QED) is 0.125. The Labute approximate surface area is 247 Å². The third-order valence-electron chi connectivity index (χ3n) is 6.70. The Hall–Kier alpha value is -4.11. The molecule has 0 aromatic heterocycles. The van der Waals surface area contributed by atoms with Crippen LogP contribution in [0.15, 0.2) is 72.8 Å². The Bertz CT molecular complexity index is 1460. The first-order valence-electron chi connectivity index (χ1n) is 14.0. The maximum absolute atomic E-state index is 12.9. The zero-order chi connectivity index (χ0) is 30.4. The predicted octanol–water partition coefficient (Wildman–Crippen LogP) is 6.57. The Morgan fingerprint density at radius 2 is 1.43 bits per heavy atom. The second kappa shape index (κ2) is 16.4. The smallest absolute Gasteiger partial charge is 0.335 e. The molecule has 0 aliphatic heterocycles. The molecule has 0 heterocycles. The molecular formula is C33H38O8S. The van der Waals surface area contributed by atoms with Crippen molar-refractivity contribution in [3.63, 3.8) is 0 Å². The number of sulfone groups is 1. The summed E-state index contributed by atoms with van der Waals surface area (Å²) >= 11 is 0. The van der Waals surface area contributed by atoms with Crippen molar-refractivity contribution in [2.75, 3.05) is 13.7 Å². The molecule has 2 N–H and O–H groups in total. The average molecular weight is 595 g/mol. The first-order valence-corrected chi connectivity index (χ1v) is 15.8. The summed E-state index contributed by atoms with van der Waals surface area (Å²) in [5.74, 6) is -1.48. The van der Waals surface area contributed by atoms with Gasteiger partial charge in [0.1, 0.15) is 11.5 Å². The molecule has 3 rings (SSSR count). The molecule has 3 aromatic carbocycles. The minimum atomic E-state index is -3.62. The third-order valence-corrected chi connectivity index (χ3v) is 8.25. The van der Waals surface area contributed by atoms with Crippen molar-refractivity contribution >= 4 is 27.9 Å². The van der Waals surface area contributed by atoms with Gasteiger partial charge in [-0.15, -0.1) is 0 Å². The number of carbonyl (C=O) groups is 2. The van der Waals surface area contributed by atoms with Gasteiger partial charge in [-0.05, 0) is 78.4 Å². The summed E-state index contributed by atoms with van der Waals surface area (Å²) in [4.78, 5) is 22.3. The van der Waals surface area contributed by atoms with Crippen molar-refractivity contribution in [3.8, 4) is 11.5 Å². The molecule has 0 bridgehead atoms. The van der Waals surface area contributed by atoms with E-state index in [1.54, 1.807) is 31.4 Å². The highest BCUT2D eigenvalue weighted by molar-refractivity contribution is 7.89. The van der Waals surface area contributed by atoms with Crippen molar-refractivity contribution in [1.29, 1.82) is 0 Å². The summed E-state index contributed by atoms with van der Waals surface area (Å²) in [6.45, 7) is 0.470. The molecule has 0 radical (unpaired) electrons. The second-order valence-corrected chi connectivity index (χ2v) is 12.2. The number of carboxylic acids is 2. The highest BCUT2D eigenvalue weighted by atomic mass is 32.2. The number of benzene rings is 3. The van der Waals surface area contributed by atoms with Crippen LogP contribution in [0.1, 0.15) is 71.1 Å². The number of ether oxygens (including phenoxy) is 2. The van der Waals surface area contributed by atoms with Crippen LogP contribution in [0.4, 0.5) is 0 Å². The topological polar surface area (TPSA) is 127 Å². The van der Waals surface area contributed by atoms with Crippen LogP contribution in [0, 0.1) is 0 Å². The first kappa shape index (κ1) is 32.4. The van der Waals surface area contributed by atoms with Gasteiger partial charge < -0.3 is 19.7 Å². The van der Waals surface area contributed by atoms with Gasteiger partial charge in [0.2, 0.25) is 0 Å². The summed E-state index contributed by atoms with van der Waals surface area (Å²) < 4.78 is 36.8. The number of aromatic carboxylic acids is 1. The van der Waals surface area contributed by atoms with Crippen LogP contribution in [0.3, 0.4) is 0 Å². The van der Waals surface area contributed by atoms with Crippen molar-refractivity contribution in [1.82, 2.24) is 0 Å². The molecule has 3 aromatic rings. The molecule has 0 saturated carbocycles. The zero-order valence-electron chi connectivity index (χ0n) is 23.8. The van der Waals surface area contributed by atoms with Gasteiger partial charge in [0.25, 0.3) is 0 Å². The summed E-state index contributed by atoms with van der Waals surface area (Å²) in [5.41, 5.74) is 2.69. The van der Waals surface area contributed by atoms with E-state index in [1.807, 2.05) is 12.1 Å². The largest absolute Gasteiger partial charge is 0.497 e. The van der Waals surface area contributed by atoms with E-state index in [4.69, 9.17) is 19.7 Å². The highest BCUT2D eigenvalue weighted by Gasteiger charge is 2.16. The predicted molar refractivity (Wildman–Crippen MR) is 163 cm³/mol. The van der Waals surface area contributed by atoms with E-state index in [9.17, 15) is 18.0 Å². The number of unbranched alkanes of at least 4 members (excludes halogenated alkanes) is 5. The van der Waals surface area contributed by atoms with Gasteiger partial charge in [0.05, 0.1) is 30.8 Å². The van der Waals surface area contributed by atoms with Gasteiger partial charge in [0.15, 0.2) is 9.84 Å². The maximum Gasteiger partial charge on any atom is 0.335 e. The van der Waals surface area contributed by atoms with E-state index in [2.05, 4.69) is 12.1 Å². The zero-order valence-corrected chi connectivity index (χ0v) is 24.6. The Kier molecular flexibility index (Phi) is 12.6. The highest BCUT2D eigenvalue weighted by Crippen LogP contribution is 2.25. The number of hydrogen-bond acceptors (Lipinski definition) is 6. The third kappa shape index (κ3) is 11.4. The van der Waals surface area contributed by atoms with E-state index in [0.717, 1.165) is 56.8 Å². The summed E-state index contributed by atoms with van der Waals surface area (Å²) in [5, 5.41) is 18.3. The van der Waals surface area contributed by atoms with Crippen LogP contribution in [0.2, 0.25) is 0 Å². The van der Waals surface area contributed by atoms with Gasteiger partial charge in [-0.3, -0.25) is 0 Å². The lowest BCUT2D eigenvalue weighted by Crippen LogP contribution is -2.09. The molecule has 0 amide bonds. The van der Waals surface area contributed by atoms with Crippen molar-refractivity contribution < 1.29 is 37.7 Å². The fourth-order valence-electron chi connectivity index (χ4n) is 4.58. The SMILES string of the molecule is COc1ccc(CCCCCCCCOc2ccc(CS(=O)(=O)Cc3cccc(C(=O)O)c3)cc2C=CC(=O)O)cc1. The van der Waals surface area contributed by atoms with Gasteiger partial charge in [-0.2, -0.15) is 0 Å². The Morgan fingerprint density at radius 3 is 2.10 bits per heavy atom. The number of carboxylic acid groups (broad SMARTS) is 2. The van der Waals surface area contributed by atoms with Crippen LogP contribution in [-0.4, -0.2) is 44.3 Å². The molecule has 0 aliphatic carbocycles. The monoisotopic (exact) mass is 594 g/mol. The molecule has 224 valence electrons. The van der Waals surface area contributed by atoms with Gasteiger partial charge in [-0.25, -0.2) is 18.0 Å². The number of aryl methyl sites for hydroxylation is 1. The first-order chi connectivity index (χ1) is 20.1. The number of methoxy groups -OCH3 is 1. The standard InChI is InChI=1S/C33H38O8S/c1-40-30-16-12-25(13-17-30)9-6-4-2-3-5-7-20-41-31-18-14-27(21-28(31)15-19-32(34)35)24-42(38,39)23-26-10-8-11-29(22-26)33(36)37/h8,10-19,21-22H,2-7,9,20,23-24H2,1H3,(H,34,35)(H,36,37). The van der Waals surface area contributed by atoms with E-state index < -0.39 is 21.8 Å². The summed E-state index contributed by atoms with van der Waals surface area (Å²) in [6.07, 6.45) is 9.85. The number of hydrogen-bond donors (Lipinski definition) is 2. The van der Waals surface area contributed by atoms with Gasteiger partial charge in [0, 0.05) is 11.6 Å². The Morgan fingerprint density at radius 1 is 0.786 bits per heavy atom. The van der Waals surface area contributed by atoms with Crippen LogP contribution >= 0.6 is 0 Å². The Balaban J connectivity index is 1.47. The van der Waals surface area contributed by atoms with Gasteiger partial charge in [-0.1, -0.05) is 56.0 Å². The average Bonchev–Trinajstić information content (AvgIpc) is 2.95. The molecule has 42 heavy (non-hydrogen) atoms. The van der Waals surface area contributed by atoms with E-state index in [0.29, 0.717) is 29.0 Å². The maximum atomic E-state index is 12.9. The van der Waals surface area contributed by atoms with Crippen molar-refractivity contribution in [3.05, 3.63) is 101 Å². The summed E-state index contributed by atoms with van der Waals surface area (Å²) in [7, 11) is -1.96. The minimum absolute atomic E-state index is 0.0232. The van der Waals surface area contributed by atoms with Crippen LogP contribution < -0.4 is 9.47 Å². The number of rotatable bonds is 18. The lowest BCUT2D eigenvalue weighted by Gasteiger charge is -2.12. The molecule has 0 aliphatic rings. The fraction of sp³-hybridized carbons (Fsp3) is 0.333. The molecule has 0 atom stereocenters. The fourth-order valence-corrected chi connectivity index (χ4v) is 6.05. The molecular weight excluding hydrogens is 556 g/mol. The lowest BCUT2D eigenvalue weighted by molar-refractivity contribution is -0.131. The molecule has 0 unspecified atom stereocenters.